The highest BCUT2D eigenvalue weighted by Crippen LogP contribution is 2.38. The summed E-state index contributed by atoms with van der Waals surface area (Å²) in [6.45, 7) is 4.24. The van der Waals surface area contributed by atoms with Crippen molar-refractivity contribution in [3.8, 4) is 0 Å². The second kappa shape index (κ2) is 46.3. The van der Waals surface area contributed by atoms with Crippen LogP contribution in [0.3, 0.4) is 0 Å². The van der Waals surface area contributed by atoms with Crippen molar-refractivity contribution in [1.82, 2.24) is 0 Å². The van der Waals surface area contributed by atoms with Crippen LogP contribution < -0.4 is 4.89 Å². The van der Waals surface area contributed by atoms with Crippen molar-refractivity contribution in [2.24, 2.45) is 0 Å². The molecule has 0 spiro atoms. The van der Waals surface area contributed by atoms with Crippen LogP contribution in [0.1, 0.15) is 245 Å². The molecule has 0 fully saturated rings. The maximum atomic E-state index is 12.8. The molecule has 9 nitrogen and oxygen atoms in total. The molecule has 0 saturated carbocycles. The first kappa shape index (κ1) is 62.2. The fourth-order valence-corrected chi connectivity index (χ4v) is 8.22. The number of carbonyl (C=O) groups is 2. The van der Waals surface area contributed by atoms with E-state index >= 15 is 0 Å². The summed E-state index contributed by atoms with van der Waals surface area (Å²) in [5, 5.41) is 0. The smallest absolute Gasteiger partial charge is 0.306 e. The fourth-order valence-electron chi connectivity index (χ4n) is 7.49. The lowest BCUT2D eigenvalue weighted by molar-refractivity contribution is -0.870. The number of quaternary nitrogens is 1. The van der Waals surface area contributed by atoms with E-state index in [1.165, 1.54) is 141 Å². The zero-order valence-electron chi connectivity index (χ0n) is 42.5. The minimum absolute atomic E-state index is 0.0326. The van der Waals surface area contributed by atoms with Crippen LogP contribution in [0.25, 0.3) is 0 Å². The monoisotopic (exact) mass is 924 g/mol. The van der Waals surface area contributed by atoms with Gasteiger partial charge in [0, 0.05) is 12.8 Å². The van der Waals surface area contributed by atoms with E-state index in [4.69, 9.17) is 18.5 Å². The van der Waals surface area contributed by atoms with E-state index in [1.54, 1.807) is 0 Å². The van der Waals surface area contributed by atoms with Crippen molar-refractivity contribution in [3.63, 3.8) is 0 Å². The molecule has 0 heterocycles. The van der Waals surface area contributed by atoms with Gasteiger partial charge in [-0.15, -0.1) is 0 Å². The number of hydrogen-bond donors (Lipinski definition) is 0. The van der Waals surface area contributed by atoms with Gasteiger partial charge in [0.05, 0.1) is 27.7 Å². The van der Waals surface area contributed by atoms with Crippen LogP contribution in [0.15, 0.2) is 36.5 Å². The van der Waals surface area contributed by atoms with Crippen molar-refractivity contribution in [2.45, 2.75) is 251 Å². The molecule has 0 aliphatic rings. The molecule has 0 bridgehead atoms. The predicted molar refractivity (Wildman–Crippen MR) is 268 cm³/mol. The van der Waals surface area contributed by atoms with Crippen LogP contribution in [-0.2, 0) is 32.7 Å². The number of rotatable bonds is 49. The van der Waals surface area contributed by atoms with E-state index in [9.17, 15) is 19.0 Å². The van der Waals surface area contributed by atoms with Gasteiger partial charge < -0.3 is 27.9 Å². The third-order valence-corrected chi connectivity index (χ3v) is 12.6. The third-order valence-electron chi connectivity index (χ3n) is 11.7. The summed E-state index contributed by atoms with van der Waals surface area (Å²) in [6.07, 6.45) is 54.6. The SMILES string of the molecule is CCCCCCC/C=C\C/C=C\C/C=C\CCCCCCCCC(=O)OC(COC(=O)CCCCCCCCCCCCCCCCCCCCC)COP(=O)([O-])OCC[N+](C)(C)C. The van der Waals surface area contributed by atoms with Crippen molar-refractivity contribution in [3.05, 3.63) is 36.5 Å². The zero-order valence-corrected chi connectivity index (χ0v) is 43.4. The second-order valence-corrected chi connectivity index (χ2v) is 20.7. The maximum absolute atomic E-state index is 12.8. The van der Waals surface area contributed by atoms with Gasteiger partial charge in [-0.25, -0.2) is 0 Å². The molecule has 0 aromatic rings. The molecule has 0 amide bonds. The van der Waals surface area contributed by atoms with Gasteiger partial charge in [0.1, 0.15) is 19.8 Å². The number of likely N-dealkylation sites (N-methyl/N-ethyl adjacent to an activating group) is 1. The molecule has 0 N–H and O–H groups in total. The standard InChI is InChI=1S/C54H102NO8P/c1-6-8-10-12-14-16-18-20-22-24-26-27-29-31-33-35-37-39-41-43-45-47-54(57)63-52(51-62-64(58,59)61-49-48-55(3,4)5)50-60-53(56)46-44-42-40-38-36-34-32-30-28-25-23-21-19-17-15-13-11-9-7-2/h18,20,24,26,29,31,52H,6-17,19,21-23,25,27-28,30,32-51H2,1-5H3/b20-18-,26-24-,31-29-. The summed E-state index contributed by atoms with van der Waals surface area (Å²) >= 11 is 0. The Morgan fingerprint density at radius 1 is 0.484 bits per heavy atom. The van der Waals surface area contributed by atoms with Crippen LogP contribution in [0.4, 0.5) is 0 Å². The molecule has 0 saturated heterocycles. The van der Waals surface area contributed by atoms with Crippen LogP contribution in [0, 0.1) is 0 Å². The van der Waals surface area contributed by atoms with E-state index in [-0.39, 0.29) is 32.0 Å². The Morgan fingerprint density at radius 2 is 0.844 bits per heavy atom. The fraction of sp³-hybridized carbons (Fsp3) is 0.852. The van der Waals surface area contributed by atoms with E-state index < -0.39 is 26.5 Å². The van der Waals surface area contributed by atoms with Gasteiger partial charge in [-0.1, -0.05) is 217 Å². The highest BCUT2D eigenvalue weighted by atomic mass is 31.2. The summed E-state index contributed by atoms with van der Waals surface area (Å²) in [6, 6.07) is 0. The number of nitrogens with zero attached hydrogens (tertiary/aromatic N) is 1. The molecule has 2 unspecified atom stereocenters. The summed E-state index contributed by atoms with van der Waals surface area (Å²) in [4.78, 5) is 37.8. The highest BCUT2D eigenvalue weighted by Gasteiger charge is 2.21. The van der Waals surface area contributed by atoms with Gasteiger partial charge >= 0.3 is 11.9 Å². The van der Waals surface area contributed by atoms with E-state index in [0.29, 0.717) is 17.4 Å². The van der Waals surface area contributed by atoms with E-state index in [2.05, 4.69) is 50.3 Å². The van der Waals surface area contributed by atoms with Gasteiger partial charge in [0.25, 0.3) is 7.82 Å². The molecular weight excluding hydrogens is 822 g/mol. The van der Waals surface area contributed by atoms with Crippen LogP contribution in [0.2, 0.25) is 0 Å². The molecular formula is C54H102NO8P. The Hall–Kier alpha value is -1.77. The number of carbonyl (C=O) groups excluding carboxylic acids is 2. The average molecular weight is 924 g/mol. The lowest BCUT2D eigenvalue weighted by Crippen LogP contribution is -2.37. The second-order valence-electron chi connectivity index (χ2n) is 19.2. The zero-order chi connectivity index (χ0) is 47.1. The predicted octanol–water partition coefficient (Wildman–Crippen LogP) is 15.4. The number of hydrogen-bond acceptors (Lipinski definition) is 8. The highest BCUT2D eigenvalue weighted by molar-refractivity contribution is 7.45. The molecule has 0 rings (SSSR count). The van der Waals surface area contributed by atoms with Gasteiger partial charge in [-0.05, 0) is 51.4 Å². The van der Waals surface area contributed by atoms with Crippen molar-refractivity contribution in [1.29, 1.82) is 0 Å². The lowest BCUT2D eigenvalue weighted by Gasteiger charge is -2.28. The van der Waals surface area contributed by atoms with Gasteiger partial charge in [0.15, 0.2) is 6.10 Å². The average Bonchev–Trinajstić information content (AvgIpc) is 3.25. The van der Waals surface area contributed by atoms with Crippen molar-refractivity contribution >= 4 is 19.8 Å². The molecule has 376 valence electrons. The van der Waals surface area contributed by atoms with E-state index in [1.807, 2.05) is 21.1 Å². The topological polar surface area (TPSA) is 111 Å². The normalized spacial score (nSPS) is 13.7. The quantitative estimate of drug-likeness (QED) is 0.0195. The Balaban J connectivity index is 4.25. The van der Waals surface area contributed by atoms with Crippen molar-refractivity contribution < 1.29 is 42.1 Å². The first-order valence-electron chi connectivity index (χ1n) is 26.7. The third kappa shape index (κ3) is 49.7. The molecule has 10 heteroatoms. The Kier molecular flexibility index (Phi) is 45.1. The first-order valence-corrected chi connectivity index (χ1v) is 28.2. The Morgan fingerprint density at radius 3 is 1.25 bits per heavy atom. The Labute approximate surface area is 395 Å². The molecule has 0 aromatic carbocycles. The van der Waals surface area contributed by atoms with Crippen LogP contribution in [-0.4, -0.2) is 70.0 Å². The van der Waals surface area contributed by atoms with Crippen LogP contribution >= 0.6 is 7.82 Å². The summed E-state index contributed by atoms with van der Waals surface area (Å²) in [7, 11) is 1.16. The van der Waals surface area contributed by atoms with Gasteiger partial charge in [-0.2, -0.15) is 0 Å². The van der Waals surface area contributed by atoms with Gasteiger partial charge in [-0.3, -0.25) is 14.2 Å². The number of esters is 2. The molecule has 0 aliphatic carbocycles. The molecule has 0 aromatic heterocycles. The summed E-state index contributed by atoms with van der Waals surface area (Å²) in [5.74, 6) is -0.838. The van der Waals surface area contributed by atoms with Gasteiger partial charge in [0.2, 0.25) is 0 Å². The lowest BCUT2D eigenvalue weighted by atomic mass is 10.0. The Bertz CT molecular complexity index is 1180. The number of phosphoric ester groups is 1. The van der Waals surface area contributed by atoms with Crippen molar-refractivity contribution in [2.75, 3.05) is 47.5 Å². The number of phosphoric acid groups is 1. The molecule has 0 aliphatic heterocycles. The summed E-state index contributed by atoms with van der Waals surface area (Å²) < 4.78 is 34.1. The number of allylic oxidation sites excluding steroid dienone is 6. The number of ether oxygens (including phenoxy) is 2. The minimum atomic E-state index is -4.63. The molecule has 0 radical (unpaired) electrons. The number of unbranched alkanes of at least 4 members (excludes halogenated alkanes) is 29. The van der Waals surface area contributed by atoms with Crippen LogP contribution in [0.5, 0.6) is 0 Å². The molecule has 2 atom stereocenters. The first-order chi connectivity index (χ1) is 31.0. The van der Waals surface area contributed by atoms with E-state index in [0.717, 1.165) is 70.6 Å². The molecule has 64 heavy (non-hydrogen) atoms. The minimum Gasteiger partial charge on any atom is -0.756 e. The summed E-state index contributed by atoms with van der Waals surface area (Å²) in [5.41, 5.74) is 0. The maximum Gasteiger partial charge on any atom is 0.306 e. The largest absolute Gasteiger partial charge is 0.756 e.